The van der Waals surface area contributed by atoms with Gasteiger partial charge in [-0.05, 0) is 26.0 Å². The van der Waals surface area contributed by atoms with Crippen molar-refractivity contribution in [1.82, 2.24) is 19.8 Å². The quantitative estimate of drug-likeness (QED) is 0.800. The van der Waals surface area contributed by atoms with Crippen molar-refractivity contribution < 1.29 is 4.79 Å². The van der Waals surface area contributed by atoms with Crippen LogP contribution < -0.4 is 4.90 Å². The van der Waals surface area contributed by atoms with E-state index < -0.39 is 0 Å². The molecule has 0 bridgehead atoms. The monoisotopic (exact) mass is 319 g/mol. The van der Waals surface area contributed by atoms with Crippen LogP contribution in [0.2, 0.25) is 0 Å². The SMILES string of the molecule is CCCCN(C)C(=O)c1cc(C)nc(N2CCN(CC)CC2)n1. The minimum Gasteiger partial charge on any atom is -0.340 e. The molecule has 0 aliphatic carbocycles. The van der Waals surface area contributed by atoms with Crippen LogP contribution in [0.4, 0.5) is 5.95 Å². The fourth-order valence-electron chi connectivity index (χ4n) is 2.76. The van der Waals surface area contributed by atoms with Gasteiger partial charge in [0.25, 0.3) is 5.91 Å². The summed E-state index contributed by atoms with van der Waals surface area (Å²) in [5, 5.41) is 0. The van der Waals surface area contributed by atoms with E-state index in [4.69, 9.17) is 0 Å². The van der Waals surface area contributed by atoms with Crippen LogP contribution >= 0.6 is 0 Å². The minimum absolute atomic E-state index is 0.0163. The molecule has 6 heteroatoms. The number of piperazine rings is 1. The molecule has 0 aromatic carbocycles. The van der Waals surface area contributed by atoms with Gasteiger partial charge in [-0.3, -0.25) is 4.79 Å². The van der Waals surface area contributed by atoms with E-state index in [-0.39, 0.29) is 5.91 Å². The first kappa shape index (κ1) is 17.7. The number of aryl methyl sites for hydroxylation is 1. The van der Waals surface area contributed by atoms with Crippen molar-refractivity contribution in [2.75, 3.05) is 51.2 Å². The maximum Gasteiger partial charge on any atom is 0.272 e. The fraction of sp³-hybridized carbons (Fsp3) is 0.706. The Bertz CT molecular complexity index is 526. The first-order valence-corrected chi connectivity index (χ1v) is 8.63. The standard InChI is InChI=1S/C17H29N5O/c1-5-7-8-20(4)16(23)15-13-14(3)18-17(19-15)22-11-9-21(6-2)10-12-22/h13H,5-12H2,1-4H3. The van der Waals surface area contributed by atoms with E-state index in [9.17, 15) is 4.79 Å². The summed E-state index contributed by atoms with van der Waals surface area (Å²) in [5.41, 5.74) is 1.35. The van der Waals surface area contributed by atoms with Crippen molar-refractivity contribution in [2.45, 2.75) is 33.6 Å². The van der Waals surface area contributed by atoms with Crippen molar-refractivity contribution in [3.05, 3.63) is 17.5 Å². The van der Waals surface area contributed by atoms with E-state index >= 15 is 0 Å². The molecule has 23 heavy (non-hydrogen) atoms. The van der Waals surface area contributed by atoms with Crippen molar-refractivity contribution in [3.8, 4) is 0 Å². The van der Waals surface area contributed by atoms with E-state index in [0.717, 1.165) is 57.8 Å². The number of unbranched alkanes of at least 4 members (excludes halogenated alkanes) is 1. The predicted octanol–water partition coefficient (Wildman–Crippen LogP) is 1.80. The van der Waals surface area contributed by atoms with Gasteiger partial charge >= 0.3 is 0 Å². The number of hydrogen-bond acceptors (Lipinski definition) is 5. The van der Waals surface area contributed by atoms with E-state index in [2.05, 4.69) is 33.6 Å². The molecule has 0 saturated carbocycles. The van der Waals surface area contributed by atoms with Crippen molar-refractivity contribution >= 4 is 11.9 Å². The Kier molecular flexibility index (Phi) is 6.33. The molecule has 1 aliphatic rings. The second kappa shape index (κ2) is 8.24. The summed E-state index contributed by atoms with van der Waals surface area (Å²) >= 11 is 0. The summed E-state index contributed by atoms with van der Waals surface area (Å²) < 4.78 is 0. The maximum atomic E-state index is 12.5. The number of amides is 1. The zero-order valence-electron chi connectivity index (χ0n) is 14.9. The van der Waals surface area contributed by atoms with Crippen LogP contribution in [-0.2, 0) is 0 Å². The van der Waals surface area contributed by atoms with E-state index in [0.29, 0.717) is 11.6 Å². The molecule has 1 aromatic heterocycles. The fourth-order valence-corrected chi connectivity index (χ4v) is 2.76. The summed E-state index contributed by atoms with van der Waals surface area (Å²) in [4.78, 5) is 28.0. The van der Waals surface area contributed by atoms with E-state index in [1.807, 2.05) is 14.0 Å². The molecule has 6 nitrogen and oxygen atoms in total. The maximum absolute atomic E-state index is 12.5. The van der Waals surface area contributed by atoms with Crippen molar-refractivity contribution in [1.29, 1.82) is 0 Å². The molecule has 1 fully saturated rings. The highest BCUT2D eigenvalue weighted by Crippen LogP contribution is 2.14. The van der Waals surface area contributed by atoms with Crippen LogP contribution in [0.1, 0.15) is 42.9 Å². The Labute approximate surface area is 139 Å². The van der Waals surface area contributed by atoms with Gasteiger partial charge in [-0.2, -0.15) is 0 Å². The highest BCUT2D eigenvalue weighted by Gasteiger charge is 2.21. The number of rotatable bonds is 6. The van der Waals surface area contributed by atoms with Crippen LogP contribution in [-0.4, -0.2) is 72.0 Å². The highest BCUT2D eigenvalue weighted by atomic mass is 16.2. The van der Waals surface area contributed by atoms with Gasteiger partial charge in [-0.1, -0.05) is 20.3 Å². The average molecular weight is 319 g/mol. The van der Waals surface area contributed by atoms with Crippen LogP contribution in [0.3, 0.4) is 0 Å². The number of nitrogens with zero attached hydrogens (tertiary/aromatic N) is 5. The molecular weight excluding hydrogens is 290 g/mol. The highest BCUT2D eigenvalue weighted by molar-refractivity contribution is 5.92. The van der Waals surface area contributed by atoms with Gasteiger partial charge in [0.1, 0.15) is 5.69 Å². The largest absolute Gasteiger partial charge is 0.340 e. The third-order valence-electron chi connectivity index (χ3n) is 4.36. The molecule has 2 heterocycles. The molecule has 1 aliphatic heterocycles. The van der Waals surface area contributed by atoms with Gasteiger partial charge in [0.2, 0.25) is 5.95 Å². The Morgan fingerprint density at radius 3 is 2.52 bits per heavy atom. The number of anilines is 1. The van der Waals surface area contributed by atoms with Crippen LogP contribution in [0.5, 0.6) is 0 Å². The lowest BCUT2D eigenvalue weighted by Crippen LogP contribution is -2.47. The normalized spacial score (nSPS) is 15.7. The Morgan fingerprint density at radius 1 is 1.22 bits per heavy atom. The number of aromatic nitrogens is 2. The summed E-state index contributed by atoms with van der Waals surface area (Å²) in [7, 11) is 1.84. The Morgan fingerprint density at radius 2 is 1.91 bits per heavy atom. The number of hydrogen-bond donors (Lipinski definition) is 0. The number of carbonyl (C=O) groups is 1. The minimum atomic E-state index is -0.0163. The Balaban J connectivity index is 2.11. The molecular formula is C17H29N5O. The van der Waals surface area contributed by atoms with Gasteiger partial charge in [-0.25, -0.2) is 9.97 Å². The van der Waals surface area contributed by atoms with Crippen molar-refractivity contribution in [2.24, 2.45) is 0 Å². The van der Waals surface area contributed by atoms with E-state index in [1.54, 1.807) is 11.0 Å². The molecule has 1 saturated heterocycles. The Hall–Kier alpha value is -1.69. The van der Waals surface area contributed by atoms with Crippen LogP contribution in [0.15, 0.2) is 6.07 Å². The summed E-state index contributed by atoms with van der Waals surface area (Å²) in [6, 6.07) is 1.79. The van der Waals surface area contributed by atoms with Gasteiger partial charge in [0, 0.05) is 45.5 Å². The lowest BCUT2D eigenvalue weighted by molar-refractivity contribution is 0.0787. The smallest absolute Gasteiger partial charge is 0.272 e. The molecule has 0 spiro atoms. The first-order chi connectivity index (χ1) is 11.0. The summed E-state index contributed by atoms with van der Waals surface area (Å²) in [6.07, 6.45) is 2.09. The second-order valence-corrected chi connectivity index (χ2v) is 6.20. The topological polar surface area (TPSA) is 52.6 Å². The van der Waals surface area contributed by atoms with Gasteiger partial charge in [0.05, 0.1) is 0 Å². The number of likely N-dealkylation sites (N-methyl/N-ethyl adjacent to an activating group) is 1. The zero-order valence-corrected chi connectivity index (χ0v) is 14.9. The predicted molar refractivity (Wildman–Crippen MR) is 93.0 cm³/mol. The molecule has 0 unspecified atom stereocenters. The molecule has 0 N–H and O–H groups in total. The lowest BCUT2D eigenvalue weighted by Gasteiger charge is -2.34. The zero-order chi connectivity index (χ0) is 16.8. The van der Waals surface area contributed by atoms with Crippen LogP contribution in [0, 0.1) is 6.92 Å². The molecule has 2 rings (SSSR count). The van der Waals surface area contributed by atoms with Crippen molar-refractivity contribution in [3.63, 3.8) is 0 Å². The average Bonchev–Trinajstić information content (AvgIpc) is 2.58. The van der Waals surface area contributed by atoms with Gasteiger partial charge < -0.3 is 14.7 Å². The van der Waals surface area contributed by atoms with Gasteiger partial charge in [0.15, 0.2) is 0 Å². The molecule has 0 atom stereocenters. The first-order valence-electron chi connectivity index (χ1n) is 8.63. The third-order valence-corrected chi connectivity index (χ3v) is 4.36. The number of carbonyl (C=O) groups excluding carboxylic acids is 1. The second-order valence-electron chi connectivity index (χ2n) is 6.20. The molecule has 0 radical (unpaired) electrons. The lowest BCUT2D eigenvalue weighted by atomic mass is 10.2. The molecule has 1 aromatic rings. The summed E-state index contributed by atoms with van der Waals surface area (Å²) in [6.45, 7) is 11.9. The third kappa shape index (κ3) is 4.64. The van der Waals surface area contributed by atoms with E-state index in [1.165, 1.54) is 0 Å². The molecule has 1 amide bonds. The molecule has 128 valence electrons. The summed E-state index contributed by atoms with van der Waals surface area (Å²) in [5.74, 6) is 0.672. The van der Waals surface area contributed by atoms with Crippen LogP contribution in [0.25, 0.3) is 0 Å². The van der Waals surface area contributed by atoms with Gasteiger partial charge in [-0.15, -0.1) is 0 Å².